The lowest BCUT2D eigenvalue weighted by atomic mass is 9.98. The summed E-state index contributed by atoms with van der Waals surface area (Å²) >= 11 is 0. The molecule has 20 heavy (non-hydrogen) atoms. The van der Waals surface area contributed by atoms with Gasteiger partial charge in [0.25, 0.3) is 0 Å². The van der Waals surface area contributed by atoms with E-state index in [0.717, 1.165) is 25.2 Å². The van der Waals surface area contributed by atoms with Gasteiger partial charge in [-0.05, 0) is 58.6 Å². The van der Waals surface area contributed by atoms with Crippen molar-refractivity contribution >= 4 is 0 Å². The summed E-state index contributed by atoms with van der Waals surface area (Å²) in [5.41, 5.74) is 2.66. The van der Waals surface area contributed by atoms with Crippen LogP contribution >= 0.6 is 0 Å². The molecule has 0 radical (unpaired) electrons. The Balaban J connectivity index is 2.33. The van der Waals surface area contributed by atoms with E-state index < -0.39 is 0 Å². The zero-order valence-corrected chi connectivity index (χ0v) is 13.8. The van der Waals surface area contributed by atoms with Crippen molar-refractivity contribution in [2.75, 3.05) is 13.7 Å². The van der Waals surface area contributed by atoms with Crippen LogP contribution in [0.4, 0.5) is 0 Å². The van der Waals surface area contributed by atoms with Crippen molar-refractivity contribution < 1.29 is 9.47 Å². The summed E-state index contributed by atoms with van der Waals surface area (Å²) in [7, 11) is 1.75. The first-order valence-electron chi connectivity index (χ1n) is 7.76. The third-order valence-electron chi connectivity index (χ3n) is 3.70. The van der Waals surface area contributed by atoms with Crippen LogP contribution in [-0.4, -0.2) is 19.3 Å². The highest BCUT2D eigenvalue weighted by Gasteiger charge is 2.16. The maximum atomic E-state index is 5.73. The number of aryl methyl sites for hydroxylation is 2. The highest BCUT2D eigenvalue weighted by molar-refractivity contribution is 5.36. The second-order valence-corrected chi connectivity index (χ2v) is 6.07. The van der Waals surface area contributed by atoms with Crippen molar-refractivity contribution in [3.05, 3.63) is 29.3 Å². The number of benzene rings is 1. The molecule has 114 valence electrons. The van der Waals surface area contributed by atoms with E-state index in [1.54, 1.807) is 7.11 Å². The second kappa shape index (κ2) is 8.31. The fourth-order valence-electron chi connectivity index (χ4n) is 2.61. The Hall–Kier alpha value is -1.02. The van der Waals surface area contributed by atoms with Crippen molar-refractivity contribution in [2.45, 2.75) is 65.4 Å². The Labute approximate surface area is 124 Å². The molecule has 0 N–H and O–H groups in total. The summed E-state index contributed by atoms with van der Waals surface area (Å²) in [6.07, 6.45) is 5.91. The van der Waals surface area contributed by atoms with Gasteiger partial charge in [0.15, 0.2) is 0 Å². The molecule has 0 aliphatic rings. The van der Waals surface area contributed by atoms with Gasteiger partial charge in [0.1, 0.15) is 5.75 Å². The van der Waals surface area contributed by atoms with Gasteiger partial charge in [0.2, 0.25) is 0 Å². The fraction of sp³-hybridized carbons (Fsp3) is 0.667. The van der Waals surface area contributed by atoms with Gasteiger partial charge in [0, 0.05) is 6.61 Å². The van der Waals surface area contributed by atoms with Crippen molar-refractivity contribution in [1.82, 2.24) is 0 Å². The molecule has 1 rings (SSSR count). The lowest BCUT2D eigenvalue weighted by Crippen LogP contribution is -2.24. The van der Waals surface area contributed by atoms with E-state index in [0.29, 0.717) is 0 Å². The number of unbranched alkanes of at least 4 members (excludes halogenated alkanes) is 2. The Morgan fingerprint density at radius 2 is 1.85 bits per heavy atom. The number of hydrogen-bond acceptors (Lipinski definition) is 2. The van der Waals surface area contributed by atoms with Crippen molar-refractivity contribution in [3.8, 4) is 5.75 Å². The fourth-order valence-corrected chi connectivity index (χ4v) is 2.61. The van der Waals surface area contributed by atoms with Crippen LogP contribution in [0.2, 0.25) is 0 Å². The van der Waals surface area contributed by atoms with Gasteiger partial charge in [-0.15, -0.1) is 0 Å². The molecule has 0 saturated carbocycles. The molecule has 0 saturated heterocycles. The van der Waals surface area contributed by atoms with Crippen molar-refractivity contribution in [1.29, 1.82) is 0 Å². The monoisotopic (exact) mass is 278 g/mol. The summed E-state index contributed by atoms with van der Waals surface area (Å²) in [6, 6.07) is 6.42. The first kappa shape index (κ1) is 17.0. The molecule has 0 aromatic heterocycles. The quantitative estimate of drug-likeness (QED) is 0.597. The lowest BCUT2D eigenvalue weighted by molar-refractivity contribution is -0.0177. The zero-order valence-electron chi connectivity index (χ0n) is 13.8. The average molecular weight is 278 g/mol. The van der Waals surface area contributed by atoms with Gasteiger partial charge in [-0.25, -0.2) is 0 Å². The third kappa shape index (κ3) is 5.96. The van der Waals surface area contributed by atoms with E-state index >= 15 is 0 Å². The minimum absolute atomic E-state index is 0.0236. The molecule has 0 aliphatic heterocycles. The Morgan fingerprint density at radius 1 is 1.10 bits per heavy atom. The van der Waals surface area contributed by atoms with Crippen LogP contribution in [0.25, 0.3) is 0 Å². The van der Waals surface area contributed by atoms with Crippen LogP contribution in [0.3, 0.4) is 0 Å². The number of hydrogen-bond donors (Lipinski definition) is 0. The smallest absolute Gasteiger partial charge is 0.122 e. The first-order valence-corrected chi connectivity index (χ1v) is 7.76. The van der Waals surface area contributed by atoms with Crippen LogP contribution in [0.15, 0.2) is 18.2 Å². The Kier molecular flexibility index (Phi) is 7.08. The maximum Gasteiger partial charge on any atom is 0.122 e. The lowest BCUT2D eigenvalue weighted by Gasteiger charge is -2.24. The summed E-state index contributed by atoms with van der Waals surface area (Å²) in [5, 5.41) is 0. The summed E-state index contributed by atoms with van der Waals surface area (Å²) in [4.78, 5) is 0. The van der Waals surface area contributed by atoms with E-state index in [9.17, 15) is 0 Å². The van der Waals surface area contributed by atoms with Gasteiger partial charge in [-0.1, -0.05) is 30.5 Å². The molecule has 0 unspecified atom stereocenters. The summed E-state index contributed by atoms with van der Waals surface area (Å²) in [5.74, 6) is 1.02. The first-order chi connectivity index (χ1) is 9.48. The highest BCUT2D eigenvalue weighted by Crippen LogP contribution is 2.23. The maximum absolute atomic E-state index is 5.73. The van der Waals surface area contributed by atoms with E-state index in [2.05, 4.69) is 45.9 Å². The normalized spacial score (nSPS) is 11.7. The van der Waals surface area contributed by atoms with Gasteiger partial charge >= 0.3 is 0 Å². The second-order valence-electron chi connectivity index (χ2n) is 6.07. The predicted molar refractivity (Wildman–Crippen MR) is 85.6 cm³/mol. The molecule has 0 heterocycles. The molecular weight excluding hydrogens is 248 g/mol. The summed E-state index contributed by atoms with van der Waals surface area (Å²) in [6.45, 7) is 9.35. The molecule has 0 fully saturated rings. The van der Waals surface area contributed by atoms with E-state index in [4.69, 9.17) is 9.47 Å². The van der Waals surface area contributed by atoms with E-state index in [1.807, 2.05) is 0 Å². The van der Waals surface area contributed by atoms with E-state index in [1.165, 1.54) is 30.4 Å². The molecular formula is C18H30O2. The number of rotatable bonds is 9. The molecule has 1 aromatic carbocycles. The van der Waals surface area contributed by atoms with Crippen molar-refractivity contribution in [3.63, 3.8) is 0 Å². The average Bonchev–Trinajstić information content (AvgIpc) is 2.38. The standard InChI is InChI=1S/C18H30O2/c1-6-20-18(3,4)13-9-7-8-10-16-14-15(2)11-12-17(16)19-5/h11-12,14H,6-10,13H2,1-5H3. The summed E-state index contributed by atoms with van der Waals surface area (Å²) < 4.78 is 11.1. The topological polar surface area (TPSA) is 18.5 Å². The Bertz CT molecular complexity index is 396. The molecule has 2 heteroatoms. The van der Waals surface area contributed by atoms with Gasteiger partial charge in [-0.2, -0.15) is 0 Å². The zero-order chi connectivity index (χ0) is 15.0. The van der Waals surface area contributed by atoms with E-state index in [-0.39, 0.29) is 5.60 Å². The third-order valence-corrected chi connectivity index (χ3v) is 3.70. The number of ether oxygens (including phenoxy) is 2. The molecule has 0 atom stereocenters. The van der Waals surface area contributed by atoms with Gasteiger partial charge in [0.05, 0.1) is 12.7 Å². The van der Waals surface area contributed by atoms with Crippen molar-refractivity contribution in [2.24, 2.45) is 0 Å². The SMILES string of the molecule is CCOC(C)(C)CCCCCc1cc(C)ccc1OC. The molecule has 0 amide bonds. The molecule has 2 nitrogen and oxygen atoms in total. The minimum Gasteiger partial charge on any atom is -0.496 e. The van der Waals surface area contributed by atoms with Crippen LogP contribution in [-0.2, 0) is 11.2 Å². The van der Waals surface area contributed by atoms with Crippen LogP contribution in [0.5, 0.6) is 5.75 Å². The Morgan fingerprint density at radius 3 is 2.50 bits per heavy atom. The molecule has 0 spiro atoms. The molecule has 0 bridgehead atoms. The van der Waals surface area contributed by atoms with Crippen LogP contribution in [0, 0.1) is 6.92 Å². The molecule has 0 aliphatic carbocycles. The highest BCUT2D eigenvalue weighted by atomic mass is 16.5. The number of methoxy groups -OCH3 is 1. The van der Waals surface area contributed by atoms with Crippen LogP contribution < -0.4 is 4.74 Å². The van der Waals surface area contributed by atoms with Gasteiger partial charge in [-0.3, -0.25) is 0 Å². The minimum atomic E-state index is 0.0236. The predicted octanol–water partition coefficient (Wildman–Crippen LogP) is 4.92. The largest absolute Gasteiger partial charge is 0.496 e. The molecule has 1 aromatic rings. The van der Waals surface area contributed by atoms with Crippen LogP contribution in [0.1, 0.15) is 57.6 Å². The van der Waals surface area contributed by atoms with Gasteiger partial charge < -0.3 is 9.47 Å².